The van der Waals surface area contributed by atoms with Gasteiger partial charge in [0.1, 0.15) is 6.04 Å². The topological polar surface area (TPSA) is 32.3 Å². The molecule has 1 aliphatic heterocycles. The van der Waals surface area contributed by atoms with E-state index in [1.165, 1.54) is 0 Å². The quantitative estimate of drug-likeness (QED) is 0.825. The average Bonchev–Trinajstić information content (AvgIpc) is 2.40. The van der Waals surface area contributed by atoms with E-state index in [4.69, 9.17) is 11.6 Å². The Balaban J connectivity index is 2.13. The van der Waals surface area contributed by atoms with Crippen LogP contribution in [0, 0.1) is 0 Å². The van der Waals surface area contributed by atoms with Crippen molar-refractivity contribution in [1.29, 1.82) is 0 Å². The summed E-state index contributed by atoms with van der Waals surface area (Å²) in [7, 11) is 0. The van der Waals surface area contributed by atoms with Crippen molar-refractivity contribution in [3.05, 3.63) is 29.3 Å². The number of alkyl halides is 3. The first-order valence-corrected chi connectivity index (χ1v) is 6.66. The van der Waals surface area contributed by atoms with Gasteiger partial charge in [-0.1, -0.05) is 23.7 Å². The molecule has 20 heavy (non-hydrogen) atoms. The van der Waals surface area contributed by atoms with Gasteiger partial charge in [-0.3, -0.25) is 0 Å². The molecule has 0 aromatic heterocycles. The minimum Gasteiger partial charge on any atom is -0.312 e. The third-order valence-corrected chi connectivity index (χ3v) is 3.59. The summed E-state index contributed by atoms with van der Waals surface area (Å²) < 4.78 is 38.8. The van der Waals surface area contributed by atoms with E-state index in [-0.39, 0.29) is 13.0 Å². The monoisotopic (exact) mass is 306 g/mol. The molecule has 1 N–H and O–H groups in total. The summed E-state index contributed by atoms with van der Waals surface area (Å²) >= 11 is 5.88. The maximum atomic E-state index is 12.9. The van der Waals surface area contributed by atoms with Gasteiger partial charge in [-0.25, -0.2) is 4.79 Å². The largest absolute Gasteiger partial charge is 0.408 e. The molecule has 3 nitrogen and oxygen atoms in total. The van der Waals surface area contributed by atoms with E-state index in [9.17, 15) is 18.0 Å². The standard InChI is InChI=1S/C13H14ClF3N2O/c14-9-5-1-2-6-10(9)18-12(20)19-8-4-3-7-11(19)13(15,16)17/h1-2,5-6,11H,3-4,7-8H2,(H,18,20). The Kier molecular flexibility index (Phi) is 4.42. The molecule has 2 amide bonds. The lowest BCUT2D eigenvalue weighted by Gasteiger charge is -2.36. The Labute approximate surface area is 119 Å². The number of anilines is 1. The van der Waals surface area contributed by atoms with Gasteiger partial charge >= 0.3 is 12.2 Å². The van der Waals surface area contributed by atoms with E-state index in [1.54, 1.807) is 24.3 Å². The summed E-state index contributed by atoms with van der Waals surface area (Å²) in [6, 6.07) is 3.96. The molecule has 0 saturated carbocycles. The molecular formula is C13H14ClF3N2O. The van der Waals surface area contributed by atoms with Crippen LogP contribution in [0.5, 0.6) is 0 Å². The predicted octanol–water partition coefficient (Wildman–Crippen LogP) is 4.29. The number of rotatable bonds is 1. The first-order chi connectivity index (χ1) is 9.39. The van der Waals surface area contributed by atoms with Crippen molar-refractivity contribution in [3.63, 3.8) is 0 Å². The summed E-state index contributed by atoms with van der Waals surface area (Å²) in [6.45, 7) is 0.0977. The van der Waals surface area contributed by atoms with Gasteiger partial charge in [0.2, 0.25) is 0 Å². The normalized spacial score (nSPS) is 19.8. The van der Waals surface area contributed by atoms with Gasteiger partial charge in [0.15, 0.2) is 0 Å². The van der Waals surface area contributed by atoms with E-state index >= 15 is 0 Å². The highest BCUT2D eigenvalue weighted by Crippen LogP contribution is 2.32. The van der Waals surface area contributed by atoms with Crippen molar-refractivity contribution in [2.45, 2.75) is 31.5 Å². The van der Waals surface area contributed by atoms with Crippen LogP contribution in [0.4, 0.5) is 23.7 Å². The van der Waals surface area contributed by atoms with Gasteiger partial charge in [0.05, 0.1) is 10.7 Å². The van der Waals surface area contributed by atoms with Crippen LogP contribution in [0.2, 0.25) is 5.02 Å². The number of hydrogen-bond donors (Lipinski definition) is 1. The fraction of sp³-hybridized carbons (Fsp3) is 0.462. The molecule has 0 aliphatic carbocycles. The molecule has 1 aliphatic rings. The fourth-order valence-electron chi connectivity index (χ4n) is 2.26. The molecule has 1 unspecified atom stereocenters. The van der Waals surface area contributed by atoms with E-state index < -0.39 is 18.2 Å². The van der Waals surface area contributed by atoms with Gasteiger partial charge in [-0.2, -0.15) is 13.2 Å². The number of nitrogens with zero attached hydrogens (tertiary/aromatic N) is 1. The lowest BCUT2D eigenvalue weighted by molar-refractivity contribution is -0.181. The van der Waals surface area contributed by atoms with Crippen LogP contribution in [-0.4, -0.2) is 29.7 Å². The Bertz CT molecular complexity index is 493. The minimum absolute atomic E-state index is 0.0561. The third kappa shape index (κ3) is 3.36. The smallest absolute Gasteiger partial charge is 0.312 e. The zero-order valence-electron chi connectivity index (χ0n) is 10.6. The van der Waals surface area contributed by atoms with Crippen LogP contribution in [0.25, 0.3) is 0 Å². The van der Waals surface area contributed by atoms with Crippen molar-refractivity contribution in [3.8, 4) is 0 Å². The Hall–Kier alpha value is -1.43. The molecule has 1 aromatic carbocycles. The first kappa shape index (κ1) is 15.0. The number of para-hydroxylation sites is 1. The maximum absolute atomic E-state index is 12.9. The lowest BCUT2D eigenvalue weighted by Crippen LogP contribution is -2.52. The number of halogens is 4. The Morgan fingerprint density at radius 2 is 2.00 bits per heavy atom. The molecule has 1 heterocycles. The molecular weight excluding hydrogens is 293 g/mol. The van der Waals surface area contributed by atoms with Gasteiger partial charge in [-0.05, 0) is 31.4 Å². The van der Waals surface area contributed by atoms with Crippen LogP contribution in [-0.2, 0) is 0 Å². The van der Waals surface area contributed by atoms with E-state index in [0.29, 0.717) is 23.6 Å². The lowest BCUT2D eigenvalue weighted by atomic mass is 10.0. The Morgan fingerprint density at radius 3 is 2.65 bits per heavy atom. The van der Waals surface area contributed by atoms with Gasteiger partial charge in [-0.15, -0.1) is 0 Å². The van der Waals surface area contributed by atoms with Crippen LogP contribution >= 0.6 is 11.6 Å². The van der Waals surface area contributed by atoms with Crippen LogP contribution in [0.1, 0.15) is 19.3 Å². The second-order valence-corrected chi connectivity index (χ2v) is 5.06. The molecule has 1 fully saturated rings. The number of urea groups is 1. The molecule has 1 aromatic rings. The Morgan fingerprint density at radius 1 is 1.30 bits per heavy atom. The number of piperidine rings is 1. The first-order valence-electron chi connectivity index (χ1n) is 6.28. The molecule has 2 rings (SSSR count). The van der Waals surface area contributed by atoms with E-state index in [0.717, 1.165) is 4.90 Å². The summed E-state index contributed by atoms with van der Waals surface area (Å²) in [6.07, 6.45) is -3.42. The highest BCUT2D eigenvalue weighted by Gasteiger charge is 2.46. The average molecular weight is 307 g/mol. The van der Waals surface area contributed by atoms with Crippen molar-refractivity contribution in [2.75, 3.05) is 11.9 Å². The van der Waals surface area contributed by atoms with Gasteiger partial charge < -0.3 is 10.2 Å². The number of amides is 2. The van der Waals surface area contributed by atoms with Crippen molar-refractivity contribution >= 4 is 23.3 Å². The molecule has 1 saturated heterocycles. The molecule has 1 atom stereocenters. The molecule has 0 bridgehead atoms. The van der Waals surface area contributed by atoms with Crippen LogP contribution in [0.15, 0.2) is 24.3 Å². The highest BCUT2D eigenvalue weighted by atomic mass is 35.5. The number of hydrogen-bond acceptors (Lipinski definition) is 1. The number of nitrogens with one attached hydrogen (secondary N) is 1. The SMILES string of the molecule is O=C(Nc1ccccc1Cl)N1CCCCC1C(F)(F)F. The van der Waals surface area contributed by atoms with Crippen molar-refractivity contribution < 1.29 is 18.0 Å². The van der Waals surface area contributed by atoms with E-state index in [1.807, 2.05) is 0 Å². The summed E-state index contributed by atoms with van der Waals surface area (Å²) in [5.41, 5.74) is 0.311. The van der Waals surface area contributed by atoms with E-state index in [2.05, 4.69) is 5.32 Å². The molecule has 110 valence electrons. The zero-order valence-corrected chi connectivity index (χ0v) is 11.3. The third-order valence-electron chi connectivity index (χ3n) is 3.26. The number of likely N-dealkylation sites (tertiary alicyclic amines) is 1. The van der Waals surface area contributed by atoms with Gasteiger partial charge in [0.25, 0.3) is 0 Å². The number of carbonyl (C=O) groups is 1. The highest BCUT2D eigenvalue weighted by molar-refractivity contribution is 6.33. The van der Waals surface area contributed by atoms with Crippen LogP contribution in [0.3, 0.4) is 0 Å². The summed E-state index contributed by atoms with van der Waals surface area (Å²) in [4.78, 5) is 12.9. The van der Waals surface area contributed by atoms with Crippen LogP contribution < -0.4 is 5.32 Å². The zero-order chi connectivity index (χ0) is 14.8. The second-order valence-electron chi connectivity index (χ2n) is 4.66. The summed E-state index contributed by atoms with van der Waals surface area (Å²) in [5, 5.41) is 2.73. The molecule has 7 heteroatoms. The molecule has 0 radical (unpaired) electrons. The predicted molar refractivity (Wildman–Crippen MR) is 70.9 cm³/mol. The molecule has 0 spiro atoms. The van der Waals surface area contributed by atoms with Gasteiger partial charge in [0, 0.05) is 6.54 Å². The summed E-state index contributed by atoms with van der Waals surface area (Å²) in [5.74, 6) is 0. The fourth-order valence-corrected chi connectivity index (χ4v) is 2.45. The van der Waals surface area contributed by atoms with Crippen molar-refractivity contribution in [1.82, 2.24) is 4.90 Å². The number of carbonyl (C=O) groups excluding carboxylic acids is 1. The second kappa shape index (κ2) is 5.91. The number of benzene rings is 1. The minimum atomic E-state index is -4.40. The maximum Gasteiger partial charge on any atom is 0.408 e. The van der Waals surface area contributed by atoms with Crippen molar-refractivity contribution in [2.24, 2.45) is 0 Å².